The summed E-state index contributed by atoms with van der Waals surface area (Å²) < 4.78 is 33.9. The zero-order valence-corrected chi connectivity index (χ0v) is 17.0. The molecule has 1 fully saturated rings. The van der Waals surface area contributed by atoms with Gasteiger partial charge in [-0.05, 0) is 36.4 Å². The molecule has 0 radical (unpaired) electrons. The standard InChI is InChI=1S/C23H22F2N4O2/c1-26-22-12-15(8-9-27-22)23(30)29-10-11-31-21(14-29)20-7-2-4-16(28-20)13-17-18(24)5-3-6-19(17)25/h2-9,12,21H,10-11,13-14H2,1H3,(H,26,27)/t21-/m1/s1. The largest absolute Gasteiger partial charge is 0.373 e. The smallest absolute Gasteiger partial charge is 0.254 e. The second kappa shape index (κ2) is 9.18. The Morgan fingerprint density at radius 1 is 1.19 bits per heavy atom. The van der Waals surface area contributed by atoms with Crippen molar-refractivity contribution in [3.05, 3.63) is 88.9 Å². The van der Waals surface area contributed by atoms with Gasteiger partial charge in [0, 0.05) is 43.0 Å². The third kappa shape index (κ3) is 4.69. The average molecular weight is 424 g/mol. The number of ether oxygens (including phenoxy) is 1. The Bertz CT molecular complexity index is 1070. The summed E-state index contributed by atoms with van der Waals surface area (Å²) in [5.74, 6) is -0.699. The maximum Gasteiger partial charge on any atom is 0.254 e. The Balaban J connectivity index is 1.51. The Labute approximate surface area is 178 Å². The highest BCUT2D eigenvalue weighted by Gasteiger charge is 2.27. The molecule has 1 N–H and O–H groups in total. The Morgan fingerprint density at radius 3 is 2.74 bits per heavy atom. The lowest BCUT2D eigenvalue weighted by molar-refractivity contribution is -0.0247. The minimum Gasteiger partial charge on any atom is -0.373 e. The summed E-state index contributed by atoms with van der Waals surface area (Å²) in [4.78, 5) is 23.3. The molecule has 3 heterocycles. The molecule has 3 aromatic rings. The third-order valence-electron chi connectivity index (χ3n) is 5.19. The van der Waals surface area contributed by atoms with Crippen molar-refractivity contribution in [3.63, 3.8) is 0 Å². The zero-order chi connectivity index (χ0) is 21.8. The first kappa shape index (κ1) is 20.9. The highest BCUT2D eigenvalue weighted by atomic mass is 19.1. The first-order chi connectivity index (χ1) is 15.0. The van der Waals surface area contributed by atoms with Crippen molar-refractivity contribution in [1.29, 1.82) is 0 Å². The van der Waals surface area contributed by atoms with E-state index in [1.807, 2.05) is 0 Å². The van der Waals surface area contributed by atoms with E-state index in [0.717, 1.165) is 0 Å². The van der Waals surface area contributed by atoms with Crippen LogP contribution in [0.2, 0.25) is 0 Å². The number of morpholine rings is 1. The van der Waals surface area contributed by atoms with Crippen molar-refractivity contribution in [2.45, 2.75) is 12.5 Å². The van der Waals surface area contributed by atoms with E-state index < -0.39 is 17.7 Å². The summed E-state index contributed by atoms with van der Waals surface area (Å²) in [6.45, 7) is 1.17. The lowest BCUT2D eigenvalue weighted by Crippen LogP contribution is -2.42. The van der Waals surface area contributed by atoms with E-state index in [1.165, 1.54) is 18.2 Å². The van der Waals surface area contributed by atoms with Crippen LogP contribution in [0.5, 0.6) is 0 Å². The van der Waals surface area contributed by atoms with Crippen molar-refractivity contribution in [1.82, 2.24) is 14.9 Å². The monoisotopic (exact) mass is 424 g/mol. The van der Waals surface area contributed by atoms with Crippen LogP contribution < -0.4 is 5.32 Å². The Morgan fingerprint density at radius 2 is 1.97 bits per heavy atom. The van der Waals surface area contributed by atoms with Crippen molar-refractivity contribution in [3.8, 4) is 0 Å². The van der Waals surface area contributed by atoms with Gasteiger partial charge in [-0.3, -0.25) is 9.78 Å². The van der Waals surface area contributed by atoms with Crippen molar-refractivity contribution in [2.75, 3.05) is 32.1 Å². The van der Waals surface area contributed by atoms with Gasteiger partial charge in [-0.15, -0.1) is 0 Å². The second-order valence-corrected chi connectivity index (χ2v) is 7.22. The number of nitrogens with one attached hydrogen (secondary N) is 1. The van der Waals surface area contributed by atoms with Crippen LogP contribution in [0.1, 0.15) is 33.4 Å². The van der Waals surface area contributed by atoms with Crippen LogP contribution in [0.15, 0.2) is 54.7 Å². The number of pyridine rings is 2. The Kier molecular flexibility index (Phi) is 6.18. The molecule has 0 aliphatic carbocycles. The molecule has 1 saturated heterocycles. The van der Waals surface area contributed by atoms with Crippen LogP contribution in [0, 0.1) is 11.6 Å². The van der Waals surface area contributed by atoms with E-state index >= 15 is 0 Å². The molecule has 4 rings (SSSR count). The molecule has 1 aliphatic heterocycles. The molecule has 8 heteroatoms. The maximum absolute atomic E-state index is 14.0. The quantitative estimate of drug-likeness (QED) is 0.678. The number of carbonyl (C=O) groups is 1. The number of carbonyl (C=O) groups excluding carboxylic acids is 1. The molecule has 6 nitrogen and oxygen atoms in total. The fraction of sp³-hybridized carbons (Fsp3) is 0.261. The SMILES string of the molecule is CNc1cc(C(=O)N2CCO[C@@H](c3cccc(Cc4c(F)cccc4F)n3)C2)ccn1. The molecule has 2 aromatic heterocycles. The lowest BCUT2D eigenvalue weighted by Gasteiger charge is -2.33. The van der Waals surface area contributed by atoms with Gasteiger partial charge < -0.3 is 15.0 Å². The molecule has 0 unspecified atom stereocenters. The number of anilines is 1. The van der Waals surface area contributed by atoms with Crippen LogP contribution in [-0.2, 0) is 11.2 Å². The van der Waals surface area contributed by atoms with E-state index in [9.17, 15) is 13.6 Å². The number of halogens is 2. The summed E-state index contributed by atoms with van der Waals surface area (Å²) in [7, 11) is 1.74. The van der Waals surface area contributed by atoms with Gasteiger partial charge in [-0.25, -0.2) is 13.8 Å². The molecular formula is C23H22F2N4O2. The van der Waals surface area contributed by atoms with Gasteiger partial charge in [0.25, 0.3) is 5.91 Å². The average Bonchev–Trinajstić information content (AvgIpc) is 2.81. The molecule has 1 aromatic carbocycles. The van der Waals surface area contributed by atoms with Gasteiger partial charge in [-0.2, -0.15) is 0 Å². The number of amides is 1. The van der Waals surface area contributed by atoms with Crippen molar-refractivity contribution < 1.29 is 18.3 Å². The number of hydrogen-bond donors (Lipinski definition) is 1. The minimum atomic E-state index is -0.601. The predicted molar refractivity (Wildman–Crippen MR) is 112 cm³/mol. The van der Waals surface area contributed by atoms with E-state index in [1.54, 1.807) is 48.5 Å². The lowest BCUT2D eigenvalue weighted by atomic mass is 10.1. The van der Waals surface area contributed by atoms with E-state index in [2.05, 4.69) is 15.3 Å². The summed E-state index contributed by atoms with van der Waals surface area (Å²) in [6.07, 6.45) is 1.20. The van der Waals surface area contributed by atoms with Crippen LogP contribution in [0.25, 0.3) is 0 Å². The van der Waals surface area contributed by atoms with Gasteiger partial charge in [0.2, 0.25) is 0 Å². The molecule has 1 aliphatic rings. The van der Waals surface area contributed by atoms with Gasteiger partial charge in [0.1, 0.15) is 23.6 Å². The highest BCUT2D eigenvalue weighted by Crippen LogP contribution is 2.24. The number of benzene rings is 1. The molecule has 1 amide bonds. The molecule has 0 bridgehead atoms. The summed E-state index contributed by atoms with van der Waals surface area (Å²) in [5, 5.41) is 2.92. The van der Waals surface area contributed by atoms with Crippen LogP contribution >= 0.6 is 0 Å². The first-order valence-electron chi connectivity index (χ1n) is 9.98. The minimum absolute atomic E-state index is 0.0217. The highest BCUT2D eigenvalue weighted by molar-refractivity contribution is 5.94. The topological polar surface area (TPSA) is 67.4 Å². The number of rotatable bonds is 5. The van der Waals surface area contributed by atoms with Gasteiger partial charge in [-0.1, -0.05) is 12.1 Å². The number of nitrogens with zero attached hydrogens (tertiary/aromatic N) is 3. The van der Waals surface area contributed by atoms with Crippen molar-refractivity contribution in [2.24, 2.45) is 0 Å². The predicted octanol–water partition coefficient (Wildman–Crippen LogP) is 3.60. The molecule has 31 heavy (non-hydrogen) atoms. The Hall–Kier alpha value is -3.39. The maximum atomic E-state index is 14.0. The van der Waals surface area contributed by atoms with Crippen LogP contribution in [0.4, 0.5) is 14.6 Å². The number of aromatic nitrogens is 2. The van der Waals surface area contributed by atoms with Crippen LogP contribution in [0.3, 0.4) is 0 Å². The van der Waals surface area contributed by atoms with Gasteiger partial charge in [0.15, 0.2) is 0 Å². The second-order valence-electron chi connectivity index (χ2n) is 7.22. The summed E-state index contributed by atoms with van der Waals surface area (Å²) >= 11 is 0. The fourth-order valence-electron chi connectivity index (χ4n) is 3.55. The first-order valence-corrected chi connectivity index (χ1v) is 9.98. The van der Waals surface area contributed by atoms with Crippen LogP contribution in [-0.4, -0.2) is 47.5 Å². The fourth-order valence-corrected chi connectivity index (χ4v) is 3.55. The summed E-state index contributed by atoms with van der Waals surface area (Å²) in [5.41, 5.74) is 1.67. The normalized spacial score (nSPS) is 16.2. The zero-order valence-electron chi connectivity index (χ0n) is 17.0. The molecule has 1 atom stereocenters. The van der Waals surface area contributed by atoms with Gasteiger partial charge in [0.05, 0.1) is 18.8 Å². The molecular weight excluding hydrogens is 402 g/mol. The van der Waals surface area contributed by atoms with E-state index in [-0.39, 0.29) is 17.9 Å². The molecule has 160 valence electrons. The van der Waals surface area contributed by atoms with E-state index in [4.69, 9.17) is 4.74 Å². The van der Waals surface area contributed by atoms with Crippen molar-refractivity contribution >= 4 is 11.7 Å². The van der Waals surface area contributed by atoms with E-state index in [0.29, 0.717) is 42.5 Å². The molecule has 0 spiro atoms. The number of hydrogen-bond acceptors (Lipinski definition) is 5. The van der Waals surface area contributed by atoms with Gasteiger partial charge >= 0.3 is 0 Å². The summed E-state index contributed by atoms with van der Waals surface area (Å²) in [6, 6.07) is 12.5. The molecule has 0 saturated carbocycles. The third-order valence-corrected chi connectivity index (χ3v) is 5.19.